The lowest BCUT2D eigenvalue weighted by atomic mass is 9.62. The van der Waals surface area contributed by atoms with Crippen molar-refractivity contribution in [2.75, 3.05) is 0 Å². The van der Waals surface area contributed by atoms with Crippen LogP contribution in [0.1, 0.15) is 33.1 Å². The minimum Gasteiger partial charge on any atom is -0.488 e. The molecule has 2 atom stereocenters. The Kier molecular flexibility index (Phi) is 4.98. The molecule has 0 bridgehead atoms. The van der Waals surface area contributed by atoms with Gasteiger partial charge in [0.25, 0.3) is 0 Å². The second-order valence-corrected chi connectivity index (χ2v) is 7.14. The number of rotatable bonds is 4. The van der Waals surface area contributed by atoms with Crippen LogP contribution in [0.4, 0.5) is 0 Å². The summed E-state index contributed by atoms with van der Waals surface area (Å²) in [5.41, 5.74) is 0.0461. The monoisotopic (exact) mass is 384 g/mol. The van der Waals surface area contributed by atoms with Crippen LogP contribution in [-0.4, -0.2) is 11.5 Å². The second kappa shape index (κ2) is 6.01. The first-order valence-corrected chi connectivity index (χ1v) is 8.38. The van der Waals surface area contributed by atoms with Crippen LogP contribution in [0.25, 0.3) is 0 Å². The van der Waals surface area contributed by atoms with Crippen LogP contribution in [0.2, 0.25) is 10.0 Å². The van der Waals surface area contributed by atoms with E-state index >= 15 is 0 Å². The summed E-state index contributed by atoms with van der Waals surface area (Å²) in [5, 5.41) is 1.34. The Morgan fingerprint density at radius 1 is 1.26 bits per heavy atom. The zero-order valence-electron chi connectivity index (χ0n) is 10.9. The van der Waals surface area contributed by atoms with Crippen LogP contribution in [0.3, 0.4) is 0 Å². The second-order valence-electron chi connectivity index (χ2n) is 4.95. The van der Waals surface area contributed by atoms with Gasteiger partial charge < -0.3 is 4.74 Å². The van der Waals surface area contributed by atoms with Crippen molar-refractivity contribution in [3.63, 3.8) is 0 Å². The molecule has 1 nitrogen and oxygen atoms in total. The zero-order valence-corrected chi connectivity index (χ0v) is 14.7. The van der Waals surface area contributed by atoms with E-state index < -0.39 is 0 Å². The third kappa shape index (κ3) is 2.74. The van der Waals surface area contributed by atoms with Crippen molar-refractivity contribution in [3.8, 4) is 5.75 Å². The third-order valence-corrected chi connectivity index (χ3v) is 6.35. The van der Waals surface area contributed by atoms with Crippen LogP contribution in [0.15, 0.2) is 16.6 Å². The van der Waals surface area contributed by atoms with E-state index in [0.717, 1.165) is 23.7 Å². The highest BCUT2D eigenvalue weighted by Crippen LogP contribution is 2.52. The molecule has 1 fully saturated rings. The van der Waals surface area contributed by atoms with Crippen molar-refractivity contribution in [2.45, 2.75) is 44.6 Å². The molecule has 2 rings (SSSR count). The van der Waals surface area contributed by atoms with Gasteiger partial charge in [-0.1, -0.05) is 37.0 Å². The maximum atomic E-state index is 6.38. The summed E-state index contributed by atoms with van der Waals surface area (Å²) >= 11 is 22.0. The Labute approximate surface area is 137 Å². The number of halogens is 4. The lowest BCUT2D eigenvalue weighted by Gasteiger charge is -2.52. The van der Waals surface area contributed by atoms with Crippen molar-refractivity contribution in [1.82, 2.24) is 0 Å². The summed E-state index contributed by atoms with van der Waals surface area (Å²) < 4.78 is 6.83. The lowest BCUT2D eigenvalue weighted by Crippen LogP contribution is -2.56. The van der Waals surface area contributed by atoms with Gasteiger partial charge in [0.2, 0.25) is 0 Å². The van der Waals surface area contributed by atoms with Gasteiger partial charge in [-0.25, -0.2) is 0 Å². The van der Waals surface area contributed by atoms with Crippen LogP contribution < -0.4 is 4.74 Å². The van der Waals surface area contributed by atoms with Crippen molar-refractivity contribution in [2.24, 2.45) is 5.41 Å². The first-order chi connectivity index (χ1) is 8.94. The summed E-state index contributed by atoms with van der Waals surface area (Å²) in [5.74, 6) is 0.634. The molecule has 1 aliphatic carbocycles. The average molecular weight is 387 g/mol. The van der Waals surface area contributed by atoms with E-state index in [2.05, 4.69) is 29.8 Å². The maximum absolute atomic E-state index is 6.38. The average Bonchev–Trinajstić information content (AvgIpc) is 2.36. The van der Waals surface area contributed by atoms with Gasteiger partial charge >= 0.3 is 0 Å². The van der Waals surface area contributed by atoms with E-state index in [1.165, 1.54) is 0 Å². The van der Waals surface area contributed by atoms with Crippen molar-refractivity contribution < 1.29 is 4.74 Å². The molecule has 2 unspecified atom stereocenters. The highest BCUT2D eigenvalue weighted by molar-refractivity contribution is 9.10. The zero-order chi connectivity index (χ0) is 14.2. The molecule has 1 aliphatic rings. The van der Waals surface area contributed by atoms with Gasteiger partial charge in [0, 0.05) is 27.8 Å². The van der Waals surface area contributed by atoms with E-state index in [1.807, 2.05) is 0 Å². The van der Waals surface area contributed by atoms with Crippen molar-refractivity contribution in [3.05, 3.63) is 26.7 Å². The van der Waals surface area contributed by atoms with Gasteiger partial charge in [0.15, 0.2) is 0 Å². The molecule has 0 spiro atoms. The molecule has 0 radical (unpaired) electrons. The van der Waals surface area contributed by atoms with E-state index in [-0.39, 0.29) is 16.9 Å². The number of hydrogen-bond donors (Lipinski definition) is 0. The SMILES string of the molecule is CCC1(CC)C(Cl)CC1Oc1cc(Cl)c(Br)cc1Cl. The van der Waals surface area contributed by atoms with Crippen LogP contribution in [0.5, 0.6) is 5.75 Å². The maximum Gasteiger partial charge on any atom is 0.139 e. The molecular formula is C14H16BrCl3O. The van der Waals surface area contributed by atoms with Crippen molar-refractivity contribution in [1.29, 1.82) is 0 Å². The molecule has 0 amide bonds. The lowest BCUT2D eigenvalue weighted by molar-refractivity contribution is -0.0461. The predicted molar refractivity (Wildman–Crippen MR) is 85.9 cm³/mol. The Morgan fingerprint density at radius 3 is 2.42 bits per heavy atom. The third-order valence-electron chi connectivity index (χ3n) is 4.25. The van der Waals surface area contributed by atoms with Gasteiger partial charge in [-0.05, 0) is 34.8 Å². The fraction of sp³-hybridized carbons (Fsp3) is 0.571. The first kappa shape index (κ1) is 15.8. The van der Waals surface area contributed by atoms with Gasteiger partial charge in [-0.15, -0.1) is 11.6 Å². The molecule has 0 heterocycles. The summed E-state index contributed by atoms with van der Waals surface area (Å²) in [7, 11) is 0. The largest absolute Gasteiger partial charge is 0.488 e. The van der Waals surface area contributed by atoms with Crippen LogP contribution in [0, 0.1) is 5.41 Å². The first-order valence-electron chi connectivity index (χ1n) is 6.39. The van der Waals surface area contributed by atoms with Gasteiger partial charge in [-0.3, -0.25) is 0 Å². The fourth-order valence-electron chi connectivity index (χ4n) is 2.76. The summed E-state index contributed by atoms with van der Waals surface area (Å²) in [6, 6.07) is 3.52. The minimum absolute atomic E-state index is 0.0461. The molecule has 1 aromatic rings. The molecule has 0 N–H and O–H groups in total. The number of alkyl halides is 1. The molecule has 1 saturated carbocycles. The number of ether oxygens (including phenoxy) is 1. The Morgan fingerprint density at radius 2 is 1.89 bits per heavy atom. The van der Waals surface area contributed by atoms with Gasteiger partial charge in [0.1, 0.15) is 11.9 Å². The highest BCUT2D eigenvalue weighted by Gasteiger charge is 2.53. The Bertz CT molecular complexity index is 474. The van der Waals surface area contributed by atoms with Crippen molar-refractivity contribution >= 4 is 50.7 Å². The highest BCUT2D eigenvalue weighted by atomic mass is 79.9. The molecule has 1 aromatic carbocycles. The van der Waals surface area contributed by atoms with Crippen LogP contribution >= 0.6 is 50.7 Å². The normalized spacial score (nSPS) is 24.9. The molecule has 0 saturated heterocycles. The summed E-state index contributed by atoms with van der Waals surface area (Å²) in [6.07, 6.45) is 2.97. The number of hydrogen-bond acceptors (Lipinski definition) is 1. The smallest absolute Gasteiger partial charge is 0.139 e. The molecule has 5 heteroatoms. The molecule has 0 aromatic heterocycles. The minimum atomic E-state index is 0.0461. The molecule has 19 heavy (non-hydrogen) atoms. The van der Waals surface area contributed by atoms with Crippen LogP contribution in [-0.2, 0) is 0 Å². The Hall–Kier alpha value is 0.370. The molecule has 0 aliphatic heterocycles. The predicted octanol–water partition coefficient (Wildman–Crippen LogP) is 6.32. The van der Waals surface area contributed by atoms with E-state index in [1.54, 1.807) is 12.1 Å². The molecule has 106 valence electrons. The van der Waals surface area contributed by atoms with Gasteiger partial charge in [-0.2, -0.15) is 0 Å². The standard InChI is InChI=1S/C14H16BrCl3O/c1-3-14(4-2)12(18)7-13(14)19-11-6-9(16)8(15)5-10(11)17/h5-6,12-13H,3-4,7H2,1-2H3. The number of benzene rings is 1. The topological polar surface area (TPSA) is 9.23 Å². The molecular weight excluding hydrogens is 370 g/mol. The Balaban J connectivity index is 2.21. The van der Waals surface area contributed by atoms with E-state index in [0.29, 0.717) is 15.8 Å². The van der Waals surface area contributed by atoms with E-state index in [4.69, 9.17) is 39.5 Å². The van der Waals surface area contributed by atoms with E-state index in [9.17, 15) is 0 Å². The fourth-order valence-corrected chi connectivity index (χ4v) is 4.21. The summed E-state index contributed by atoms with van der Waals surface area (Å²) in [4.78, 5) is 0. The van der Waals surface area contributed by atoms with Gasteiger partial charge in [0.05, 0.1) is 10.0 Å². The quantitative estimate of drug-likeness (QED) is 0.434. The summed E-state index contributed by atoms with van der Waals surface area (Å²) in [6.45, 7) is 4.31.